The van der Waals surface area contributed by atoms with Gasteiger partial charge in [-0.2, -0.15) is 0 Å². The van der Waals surface area contributed by atoms with Crippen LogP contribution in [0.2, 0.25) is 0 Å². The second-order valence-electron chi connectivity index (χ2n) is 5.76. The molecule has 0 heterocycles. The Hall–Kier alpha value is -2.12. The van der Waals surface area contributed by atoms with Gasteiger partial charge in [-0.1, -0.05) is 37.3 Å². The minimum absolute atomic E-state index is 0.0979. The van der Waals surface area contributed by atoms with Crippen LogP contribution in [-0.2, 0) is 20.9 Å². The van der Waals surface area contributed by atoms with E-state index in [-0.39, 0.29) is 12.5 Å². The van der Waals surface area contributed by atoms with Crippen molar-refractivity contribution in [1.82, 2.24) is 16.0 Å². The highest BCUT2D eigenvalue weighted by molar-refractivity contribution is 5.86. The van der Waals surface area contributed by atoms with E-state index in [1.165, 1.54) is 5.56 Å². The number of hydrogen-bond donors (Lipinski definition) is 3. The van der Waals surface area contributed by atoms with Gasteiger partial charge in [-0.15, -0.1) is 0 Å². The molecular formula is C18H30N4O3. The van der Waals surface area contributed by atoms with Crippen LogP contribution in [0.25, 0.3) is 0 Å². The molecule has 0 saturated carbocycles. The largest absolute Gasteiger partial charge is 0.383 e. The molecule has 1 unspecified atom stereocenters. The lowest BCUT2D eigenvalue weighted by atomic mass is 10.2. The van der Waals surface area contributed by atoms with Gasteiger partial charge in [0.2, 0.25) is 5.91 Å². The third-order valence-corrected chi connectivity index (χ3v) is 3.40. The number of aliphatic imine (C=N–C) groups is 1. The van der Waals surface area contributed by atoms with Crippen molar-refractivity contribution >= 4 is 11.9 Å². The maximum atomic E-state index is 11.6. The van der Waals surface area contributed by atoms with Crippen LogP contribution in [-0.4, -0.2) is 58.9 Å². The topological polar surface area (TPSA) is 84.0 Å². The molecule has 0 aliphatic carbocycles. The minimum Gasteiger partial charge on any atom is -0.383 e. The van der Waals surface area contributed by atoms with E-state index in [1.54, 1.807) is 14.2 Å². The van der Waals surface area contributed by atoms with E-state index >= 15 is 0 Å². The number of methoxy groups -OCH3 is 1. The minimum atomic E-state index is -0.0979. The smallest absolute Gasteiger partial charge is 0.239 e. The molecule has 25 heavy (non-hydrogen) atoms. The molecule has 1 amide bonds. The van der Waals surface area contributed by atoms with Gasteiger partial charge in [0.05, 0.1) is 26.4 Å². The van der Waals surface area contributed by atoms with Crippen molar-refractivity contribution in [3.63, 3.8) is 0 Å². The Morgan fingerprint density at radius 3 is 2.64 bits per heavy atom. The molecule has 0 spiro atoms. The molecular weight excluding hydrogens is 320 g/mol. The summed E-state index contributed by atoms with van der Waals surface area (Å²) in [6, 6.07) is 10.1. The summed E-state index contributed by atoms with van der Waals surface area (Å²) in [5, 5.41) is 8.92. The highest BCUT2D eigenvalue weighted by atomic mass is 16.5. The summed E-state index contributed by atoms with van der Waals surface area (Å²) in [5.41, 5.74) is 1.17. The maximum absolute atomic E-state index is 11.6. The number of carbonyl (C=O) groups is 1. The number of nitrogens with one attached hydrogen (secondary N) is 3. The number of rotatable bonds is 11. The van der Waals surface area contributed by atoms with Crippen LogP contribution < -0.4 is 16.0 Å². The predicted molar refractivity (Wildman–Crippen MR) is 99.5 cm³/mol. The Kier molecular flexibility index (Phi) is 11.0. The van der Waals surface area contributed by atoms with Crippen LogP contribution in [0.15, 0.2) is 35.3 Å². The summed E-state index contributed by atoms with van der Waals surface area (Å²) in [7, 11) is 3.27. The fourth-order valence-electron chi connectivity index (χ4n) is 2.02. The molecule has 3 N–H and O–H groups in total. The van der Waals surface area contributed by atoms with E-state index in [4.69, 9.17) is 9.47 Å². The molecule has 1 atom stereocenters. The van der Waals surface area contributed by atoms with E-state index < -0.39 is 0 Å². The van der Waals surface area contributed by atoms with E-state index in [2.05, 4.69) is 27.9 Å². The molecule has 7 heteroatoms. The molecule has 0 radical (unpaired) electrons. The highest BCUT2D eigenvalue weighted by Crippen LogP contribution is 2.02. The van der Waals surface area contributed by atoms with E-state index in [9.17, 15) is 4.79 Å². The van der Waals surface area contributed by atoms with Crippen molar-refractivity contribution in [2.75, 3.05) is 47.0 Å². The molecule has 140 valence electrons. The van der Waals surface area contributed by atoms with E-state index in [0.717, 1.165) is 0 Å². The zero-order valence-corrected chi connectivity index (χ0v) is 15.4. The number of hydrogen-bond acceptors (Lipinski definition) is 4. The summed E-state index contributed by atoms with van der Waals surface area (Å²) >= 11 is 0. The van der Waals surface area contributed by atoms with Crippen molar-refractivity contribution in [3.05, 3.63) is 35.9 Å². The number of nitrogens with zero attached hydrogens (tertiary/aromatic N) is 1. The highest BCUT2D eigenvalue weighted by Gasteiger charge is 2.06. The Morgan fingerprint density at radius 1 is 1.20 bits per heavy atom. The first kappa shape index (κ1) is 20.9. The quantitative estimate of drug-likeness (QED) is 0.312. The third kappa shape index (κ3) is 10.4. The van der Waals surface area contributed by atoms with Gasteiger partial charge < -0.3 is 25.4 Å². The van der Waals surface area contributed by atoms with E-state index in [1.807, 2.05) is 30.3 Å². The zero-order valence-electron chi connectivity index (χ0n) is 15.4. The fraction of sp³-hybridized carbons (Fsp3) is 0.556. The molecule has 1 aromatic rings. The first-order valence-corrected chi connectivity index (χ1v) is 8.47. The maximum Gasteiger partial charge on any atom is 0.239 e. The molecule has 0 aliphatic heterocycles. The molecule has 0 saturated heterocycles. The Morgan fingerprint density at radius 2 is 1.96 bits per heavy atom. The lowest BCUT2D eigenvalue weighted by Gasteiger charge is -2.16. The molecule has 0 aliphatic rings. The first-order valence-electron chi connectivity index (χ1n) is 8.47. The number of amides is 1. The monoisotopic (exact) mass is 350 g/mol. The van der Waals surface area contributed by atoms with Gasteiger partial charge in [0, 0.05) is 27.2 Å². The summed E-state index contributed by atoms with van der Waals surface area (Å²) in [4.78, 5) is 15.7. The van der Waals surface area contributed by atoms with Gasteiger partial charge in [-0.3, -0.25) is 9.79 Å². The second kappa shape index (κ2) is 13.2. The lowest BCUT2D eigenvalue weighted by molar-refractivity contribution is -0.120. The number of ether oxygens (including phenoxy) is 2. The normalized spacial score (nSPS) is 12.5. The molecule has 7 nitrogen and oxygen atoms in total. The van der Waals surface area contributed by atoms with Gasteiger partial charge in [-0.25, -0.2) is 0 Å². The third-order valence-electron chi connectivity index (χ3n) is 3.40. The molecule has 1 aromatic carbocycles. The summed E-state index contributed by atoms with van der Waals surface area (Å²) in [5.74, 6) is 0.814. The van der Waals surface area contributed by atoms with Crippen LogP contribution in [0, 0.1) is 5.92 Å². The summed E-state index contributed by atoms with van der Waals surface area (Å²) in [6.07, 6.45) is 0. The van der Waals surface area contributed by atoms with Crippen molar-refractivity contribution < 1.29 is 14.3 Å². The van der Waals surface area contributed by atoms with Gasteiger partial charge in [0.25, 0.3) is 0 Å². The number of guanidine groups is 1. The Labute approximate surface area is 150 Å². The van der Waals surface area contributed by atoms with Crippen LogP contribution in [0.5, 0.6) is 0 Å². The number of benzene rings is 1. The Balaban J connectivity index is 2.15. The first-order chi connectivity index (χ1) is 12.2. The van der Waals surface area contributed by atoms with Crippen LogP contribution in [0.3, 0.4) is 0 Å². The van der Waals surface area contributed by atoms with E-state index in [0.29, 0.717) is 44.8 Å². The summed E-state index contributed by atoms with van der Waals surface area (Å²) in [6.45, 7) is 5.24. The standard InChI is InChI=1S/C18H30N4O3/c1-15(13-25-14-16-7-5-4-6-8-16)11-21-18(19-2)22-12-17(23)20-9-10-24-3/h4-8,15H,9-14H2,1-3H3,(H,20,23)(H2,19,21,22). The van der Waals surface area contributed by atoms with Gasteiger partial charge >= 0.3 is 0 Å². The van der Waals surface area contributed by atoms with Crippen LogP contribution in [0.1, 0.15) is 12.5 Å². The average molecular weight is 350 g/mol. The van der Waals surface area contributed by atoms with Crippen molar-refractivity contribution in [2.24, 2.45) is 10.9 Å². The molecule has 0 aromatic heterocycles. The van der Waals surface area contributed by atoms with Crippen molar-refractivity contribution in [2.45, 2.75) is 13.5 Å². The molecule has 0 bridgehead atoms. The van der Waals surface area contributed by atoms with Gasteiger partial charge in [0.15, 0.2) is 5.96 Å². The van der Waals surface area contributed by atoms with Crippen LogP contribution in [0.4, 0.5) is 0 Å². The molecule has 1 rings (SSSR count). The molecule has 0 fully saturated rings. The van der Waals surface area contributed by atoms with Crippen molar-refractivity contribution in [1.29, 1.82) is 0 Å². The second-order valence-corrected chi connectivity index (χ2v) is 5.76. The van der Waals surface area contributed by atoms with Gasteiger partial charge in [0.1, 0.15) is 0 Å². The van der Waals surface area contributed by atoms with Gasteiger partial charge in [-0.05, 0) is 11.5 Å². The average Bonchev–Trinajstić information content (AvgIpc) is 2.63. The SMILES string of the molecule is CN=C(NCC(=O)NCCOC)NCC(C)COCc1ccccc1. The summed E-state index contributed by atoms with van der Waals surface area (Å²) < 4.78 is 10.6. The van der Waals surface area contributed by atoms with Crippen molar-refractivity contribution in [3.8, 4) is 0 Å². The predicted octanol–water partition coefficient (Wildman–Crippen LogP) is 0.767. The van der Waals surface area contributed by atoms with Crippen LogP contribution >= 0.6 is 0 Å². The fourth-order valence-corrected chi connectivity index (χ4v) is 2.02. The zero-order chi connectivity index (χ0) is 18.3. The lowest BCUT2D eigenvalue weighted by Crippen LogP contribution is -2.45. The Bertz CT molecular complexity index is 508. The number of carbonyl (C=O) groups excluding carboxylic acids is 1.